The number of ether oxygens (including phenoxy) is 1. The van der Waals surface area contributed by atoms with Gasteiger partial charge in [0.05, 0.1) is 19.2 Å². The Morgan fingerprint density at radius 2 is 1.93 bits per heavy atom. The molecule has 0 spiro atoms. The van der Waals surface area contributed by atoms with Crippen LogP contribution in [0.3, 0.4) is 0 Å². The number of nitriles is 1. The Morgan fingerprint density at radius 1 is 1.22 bits per heavy atom. The van der Waals surface area contributed by atoms with Crippen LogP contribution in [0.15, 0.2) is 41.7 Å². The maximum absolute atomic E-state index is 9.30. The fraction of sp³-hybridized carbons (Fsp3) is 0.368. The Bertz CT molecular complexity index is 854. The molecule has 0 bridgehead atoms. The molecule has 0 saturated heterocycles. The van der Waals surface area contributed by atoms with Crippen molar-refractivity contribution in [1.82, 2.24) is 15.3 Å². The summed E-state index contributed by atoms with van der Waals surface area (Å²) in [4.78, 5) is 12.9. The summed E-state index contributed by atoms with van der Waals surface area (Å²) in [6.07, 6.45) is 1.93. The van der Waals surface area contributed by atoms with Crippen LogP contribution in [0.5, 0.6) is 5.88 Å². The molecule has 0 fully saturated rings. The predicted molar refractivity (Wildman–Crippen MR) is 98.9 cm³/mol. The maximum Gasteiger partial charge on any atom is 0.213 e. The van der Waals surface area contributed by atoms with Gasteiger partial charge in [0.2, 0.25) is 5.88 Å². The minimum atomic E-state index is -1.47. The zero-order valence-electron chi connectivity index (χ0n) is 15.1. The molecule has 0 radical (unpaired) electrons. The summed E-state index contributed by atoms with van der Waals surface area (Å²) in [5.74, 6) is 1.03. The monoisotopic (exact) mass is 367 g/mol. The number of rotatable bonds is 6. The van der Waals surface area contributed by atoms with E-state index in [0.717, 1.165) is 11.1 Å². The second kappa shape index (κ2) is 7.70. The van der Waals surface area contributed by atoms with E-state index in [9.17, 15) is 10.2 Å². The number of pyridine rings is 2. The Morgan fingerprint density at radius 3 is 2.44 bits per heavy atom. The number of aliphatic hydroxyl groups is 2. The van der Waals surface area contributed by atoms with Gasteiger partial charge in [-0.15, -0.1) is 0 Å². The van der Waals surface area contributed by atoms with Gasteiger partial charge in [-0.1, -0.05) is 19.9 Å². The Labute approximate surface area is 157 Å². The van der Waals surface area contributed by atoms with Crippen LogP contribution in [-0.2, 0) is 0 Å². The molecule has 140 valence electrons. The van der Waals surface area contributed by atoms with Crippen molar-refractivity contribution in [2.45, 2.75) is 26.2 Å². The topological polar surface area (TPSA) is 124 Å². The normalized spacial score (nSPS) is 16.6. The molecule has 3 rings (SSSR count). The first kappa shape index (κ1) is 18.8. The van der Waals surface area contributed by atoms with E-state index < -0.39 is 11.7 Å². The van der Waals surface area contributed by atoms with Crippen LogP contribution < -0.4 is 10.1 Å². The van der Waals surface area contributed by atoms with E-state index in [1.54, 1.807) is 32.3 Å². The quantitative estimate of drug-likeness (QED) is 0.653. The van der Waals surface area contributed by atoms with Crippen LogP contribution in [0.1, 0.15) is 19.5 Å². The average Bonchev–Trinajstić information content (AvgIpc) is 3.16. The summed E-state index contributed by atoms with van der Waals surface area (Å²) < 4.78 is 5.53. The third-order valence-corrected chi connectivity index (χ3v) is 4.26. The van der Waals surface area contributed by atoms with Gasteiger partial charge in [-0.2, -0.15) is 5.26 Å². The van der Waals surface area contributed by atoms with Crippen molar-refractivity contribution in [2.24, 2.45) is 10.4 Å². The van der Waals surface area contributed by atoms with Crippen molar-refractivity contribution in [1.29, 1.82) is 5.26 Å². The first-order valence-corrected chi connectivity index (χ1v) is 8.52. The molecular formula is C19H21N5O3. The summed E-state index contributed by atoms with van der Waals surface area (Å²) in [7, 11) is 0. The molecule has 3 heterocycles. The van der Waals surface area contributed by atoms with Crippen molar-refractivity contribution in [3.05, 3.63) is 42.4 Å². The smallest absolute Gasteiger partial charge is 0.213 e. The molecule has 1 aliphatic heterocycles. The minimum Gasteiger partial charge on any atom is -0.477 e. The Kier molecular flexibility index (Phi) is 5.35. The highest BCUT2D eigenvalue weighted by Gasteiger charge is 2.27. The largest absolute Gasteiger partial charge is 0.477 e. The molecule has 0 aromatic carbocycles. The highest BCUT2D eigenvalue weighted by atomic mass is 16.5. The van der Waals surface area contributed by atoms with Gasteiger partial charge in [0.1, 0.15) is 11.5 Å². The molecule has 8 nitrogen and oxygen atoms in total. The molecule has 2 aromatic rings. The van der Waals surface area contributed by atoms with E-state index in [4.69, 9.17) is 10.00 Å². The number of aliphatic imine (C=N–C) groups is 1. The highest BCUT2D eigenvalue weighted by Crippen LogP contribution is 2.23. The molecule has 8 heteroatoms. The number of hydrogen-bond donors (Lipinski definition) is 3. The lowest BCUT2D eigenvalue weighted by atomic mass is 9.94. The summed E-state index contributed by atoms with van der Waals surface area (Å²) in [6.45, 7) is 4.03. The van der Waals surface area contributed by atoms with E-state index in [2.05, 4.69) is 26.3 Å². The number of aliphatic hydroxyl groups excluding tert-OH is 1. The molecule has 0 saturated carbocycles. The number of nitrogens with zero attached hydrogens (tertiary/aromatic N) is 4. The van der Waals surface area contributed by atoms with Gasteiger partial charge in [-0.3, -0.25) is 4.98 Å². The van der Waals surface area contributed by atoms with Gasteiger partial charge in [0, 0.05) is 35.0 Å². The maximum atomic E-state index is 9.30. The summed E-state index contributed by atoms with van der Waals surface area (Å²) in [5, 5.41) is 30.6. The number of amidine groups is 1. The summed E-state index contributed by atoms with van der Waals surface area (Å²) in [5.41, 5.74) is 1.66. The fourth-order valence-electron chi connectivity index (χ4n) is 2.35. The molecule has 1 aliphatic rings. The molecule has 1 unspecified atom stereocenters. The van der Waals surface area contributed by atoms with E-state index >= 15 is 0 Å². The third kappa shape index (κ3) is 4.39. The van der Waals surface area contributed by atoms with Crippen LogP contribution in [-0.4, -0.2) is 51.5 Å². The van der Waals surface area contributed by atoms with Gasteiger partial charge in [0.15, 0.2) is 12.3 Å². The zero-order chi connectivity index (χ0) is 19.4. The van der Waals surface area contributed by atoms with E-state index in [1.807, 2.05) is 18.2 Å². The molecule has 0 amide bonds. The average molecular weight is 367 g/mol. The first-order valence-electron chi connectivity index (χ1n) is 8.52. The first-order chi connectivity index (χ1) is 12.9. The number of nitrogens with one attached hydrogen (secondary N) is 1. The van der Waals surface area contributed by atoms with Crippen molar-refractivity contribution in [2.75, 3.05) is 13.2 Å². The van der Waals surface area contributed by atoms with Crippen LogP contribution in [0.4, 0.5) is 0 Å². The van der Waals surface area contributed by atoms with Gasteiger partial charge < -0.3 is 20.3 Å². The Hall–Kier alpha value is -3.02. The number of hydrogen-bond acceptors (Lipinski definition) is 8. The minimum absolute atomic E-state index is 0.131. The Balaban J connectivity index is 1.66. The van der Waals surface area contributed by atoms with Gasteiger partial charge in [-0.05, 0) is 12.1 Å². The van der Waals surface area contributed by atoms with Crippen molar-refractivity contribution >= 4 is 5.84 Å². The second-order valence-electron chi connectivity index (χ2n) is 6.97. The lowest BCUT2D eigenvalue weighted by Gasteiger charge is -2.26. The fourth-order valence-corrected chi connectivity index (χ4v) is 2.35. The van der Waals surface area contributed by atoms with Crippen LogP contribution >= 0.6 is 0 Å². The van der Waals surface area contributed by atoms with Crippen molar-refractivity contribution < 1.29 is 14.9 Å². The van der Waals surface area contributed by atoms with Gasteiger partial charge >= 0.3 is 0 Å². The zero-order valence-corrected chi connectivity index (χ0v) is 15.1. The summed E-state index contributed by atoms with van der Waals surface area (Å²) >= 11 is 0. The van der Waals surface area contributed by atoms with Crippen molar-refractivity contribution in [3.63, 3.8) is 0 Å². The van der Waals surface area contributed by atoms with Crippen LogP contribution in [0, 0.1) is 16.7 Å². The molecular weight excluding hydrogens is 346 g/mol. The molecule has 3 N–H and O–H groups in total. The summed E-state index contributed by atoms with van der Waals surface area (Å²) in [6, 6.07) is 9.08. The van der Waals surface area contributed by atoms with E-state index in [-0.39, 0.29) is 12.6 Å². The third-order valence-electron chi connectivity index (χ3n) is 4.26. The van der Waals surface area contributed by atoms with Crippen LogP contribution in [0.25, 0.3) is 11.1 Å². The molecule has 2 aromatic heterocycles. The lowest BCUT2D eigenvalue weighted by molar-refractivity contribution is -0.133. The number of aromatic nitrogens is 2. The molecule has 27 heavy (non-hydrogen) atoms. The van der Waals surface area contributed by atoms with Gasteiger partial charge in [-0.25, -0.2) is 9.98 Å². The van der Waals surface area contributed by atoms with Crippen LogP contribution in [0.2, 0.25) is 0 Å². The molecule has 0 aliphatic carbocycles. The van der Waals surface area contributed by atoms with E-state index in [1.165, 1.54) is 0 Å². The second-order valence-corrected chi connectivity index (χ2v) is 6.97. The predicted octanol–water partition coefficient (Wildman–Crippen LogP) is 1.10. The standard InChI is InChI=1S/C19H21N5O3/c1-19(2,18(25)26)11-27-16-6-4-13(9-22-16)12-3-5-15(21-8-12)17-23-10-14(7-20)24-17/h3-6,8-9,14,18,25-26H,10-11H2,1-2H3,(H,23,24). The van der Waals surface area contributed by atoms with E-state index in [0.29, 0.717) is 24.0 Å². The lowest BCUT2D eigenvalue weighted by Crippen LogP contribution is -2.34. The van der Waals surface area contributed by atoms with Gasteiger partial charge in [0.25, 0.3) is 0 Å². The highest BCUT2D eigenvalue weighted by molar-refractivity contribution is 5.98. The molecule has 1 atom stereocenters. The SMILES string of the molecule is CC(C)(COc1ccc(-c2ccc(C3=NC(C#N)CN3)nc2)cn1)C(O)O. The van der Waals surface area contributed by atoms with Crippen molar-refractivity contribution in [3.8, 4) is 23.1 Å².